The van der Waals surface area contributed by atoms with Gasteiger partial charge in [0.25, 0.3) is 0 Å². The Morgan fingerprint density at radius 3 is 2.75 bits per heavy atom. The van der Waals surface area contributed by atoms with E-state index in [-0.39, 0.29) is 41.8 Å². The van der Waals surface area contributed by atoms with Crippen LogP contribution < -0.4 is 9.80 Å². The van der Waals surface area contributed by atoms with Gasteiger partial charge in [-0.2, -0.15) is 4.98 Å². The third-order valence-corrected chi connectivity index (χ3v) is 6.40. The van der Waals surface area contributed by atoms with Crippen molar-refractivity contribution in [3.8, 4) is 0 Å². The number of β-amino-alcohol motifs (C(OH)–C–C–N with tert-alkyl or cyclic N) is 1. The summed E-state index contributed by atoms with van der Waals surface area (Å²) >= 11 is 0. The zero-order valence-corrected chi connectivity index (χ0v) is 19.5. The fourth-order valence-electron chi connectivity index (χ4n) is 4.67. The third-order valence-electron chi connectivity index (χ3n) is 6.40. The van der Waals surface area contributed by atoms with Crippen LogP contribution in [0.5, 0.6) is 0 Å². The molecule has 2 aliphatic rings. The van der Waals surface area contributed by atoms with Gasteiger partial charge in [0.1, 0.15) is 35.0 Å². The first-order valence-electron chi connectivity index (χ1n) is 11.5. The van der Waals surface area contributed by atoms with Gasteiger partial charge in [-0.1, -0.05) is 5.16 Å². The van der Waals surface area contributed by atoms with Gasteiger partial charge in [-0.25, -0.2) is 18.2 Å². The van der Waals surface area contributed by atoms with Crippen molar-refractivity contribution in [3.05, 3.63) is 59.0 Å². The van der Waals surface area contributed by atoms with E-state index in [1.54, 1.807) is 21.9 Å². The lowest BCUT2D eigenvalue weighted by atomic mass is 10.0. The van der Waals surface area contributed by atoms with Gasteiger partial charge in [0.2, 0.25) is 5.82 Å². The molecule has 0 radical (unpaired) electrons. The molecular formula is C24H24F3N7O2. The highest BCUT2D eigenvalue weighted by Crippen LogP contribution is 2.39. The summed E-state index contributed by atoms with van der Waals surface area (Å²) in [4.78, 5) is 20.7. The fraction of sp³-hybridized carbons (Fsp3) is 0.375. The Morgan fingerprint density at radius 1 is 1.19 bits per heavy atom. The van der Waals surface area contributed by atoms with Gasteiger partial charge in [0.05, 0.1) is 24.4 Å². The molecule has 0 spiro atoms. The van der Waals surface area contributed by atoms with E-state index in [1.807, 2.05) is 0 Å². The lowest BCUT2D eigenvalue weighted by Gasteiger charge is -2.26. The molecule has 0 saturated carbocycles. The maximum Gasteiger partial charge on any atom is 0.324 e. The van der Waals surface area contributed by atoms with E-state index in [9.17, 15) is 18.3 Å². The Morgan fingerprint density at radius 2 is 2.03 bits per heavy atom. The number of benzene rings is 1. The maximum atomic E-state index is 14.6. The molecule has 9 nitrogen and oxygen atoms in total. The molecule has 0 aliphatic carbocycles. The van der Waals surface area contributed by atoms with Gasteiger partial charge < -0.3 is 19.4 Å². The maximum absolute atomic E-state index is 14.6. The van der Waals surface area contributed by atoms with Crippen molar-refractivity contribution in [2.24, 2.45) is 9.98 Å². The summed E-state index contributed by atoms with van der Waals surface area (Å²) in [7, 11) is 1.53. The number of aliphatic imine (C=N–C) groups is 2. The van der Waals surface area contributed by atoms with Crippen molar-refractivity contribution < 1.29 is 22.8 Å². The van der Waals surface area contributed by atoms with E-state index < -0.39 is 30.0 Å². The first-order chi connectivity index (χ1) is 17.4. The highest BCUT2D eigenvalue weighted by Gasteiger charge is 2.36. The Hall–Kier alpha value is -3.80. The molecule has 1 aromatic carbocycles. The standard InChI is InChI=1S/C24H24F3N7O2/c1-28-18-5-6-20(34-11-14(26)10-19(34)16-9-13(25)3-4-17(16)27)30-21(18)22(29-2)23-31-24(36-32-23)33-8-7-15(35)12-33/h3-6,9,14-15,19,35H,1,7-8,10-12H2,2H3/t14-,15-,19+/m0/s1. The summed E-state index contributed by atoms with van der Waals surface area (Å²) < 4.78 is 48.4. The number of rotatable bonds is 6. The van der Waals surface area contributed by atoms with E-state index >= 15 is 0 Å². The smallest absolute Gasteiger partial charge is 0.324 e. The predicted octanol–water partition coefficient (Wildman–Crippen LogP) is 3.40. The second-order valence-electron chi connectivity index (χ2n) is 8.72. The van der Waals surface area contributed by atoms with E-state index in [4.69, 9.17) is 4.52 Å². The van der Waals surface area contributed by atoms with Crippen molar-refractivity contribution in [1.82, 2.24) is 15.1 Å². The number of anilines is 2. The molecule has 2 aliphatic heterocycles. The largest absolute Gasteiger partial charge is 0.391 e. The van der Waals surface area contributed by atoms with E-state index in [0.717, 1.165) is 18.2 Å². The zero-order valence-electron chi connectivity index (χ0n) is 19.5. The Balaban J connectivity index is 1.51. The zero-order chi connectivity index (χ0) is 25.4. The number of aromatic nitrogens is 3. The number of hydrogen-bond acceptors (Lipinski definition) is 9. The van der Waals surface area contributed by atoms with Gasteiger partial charge in [0.15, 0.2) is 0 Å². The molecule has 2 fully saturated rings. The van der Waals surface area contributed by atoms with Gasteiger partial charge in [-0.05, 0) is 43.5 Å². The lowest BCUT2D eigenvalue weighted by Crippen LogP contribution is -2.26. The van der Waals surface area contributed by atoms with Crippen molar-refractivity contribution in [3.63, 3.8) is 0 Å². The van der Waals surface area contributed by atoms with Gasteiger partial charge in [-0.15, -0.1) is 0 Å². The fourth-order valence-corrected chi connectivity index (χ4v) is 4.67. The number of aliphatic hydroxyl groups excluding tert-OH is 1. The summed E-state index contributed by atoms with van der Waals surface area (Å²) in [6.07, 6.45) is -1.14. The highest BCUT2D eigenvalue weighted by molar-refractivity contribution is 6.12. The molecule has 0 unspecified atom stereocenters. The number of aliphatic hydroxyl groups is 1. The summed E-state index contributed by atoms with van der Waals surface area (Å²) in [5.41, 5.74) is 0.981. The van der Waals surface area contributed by atoms with Gasteiger partial charge >= 0.3 is 6.01 Å². The molecule has 36 heavy (non-hydrogen) atoms. The molecule has 4 heterocycles. The van der Waals surface area contributed by atoms with Crippen LogP contribution in [0.2, 0.25) is 0 Å². The Labute approximate surface area is 205 Å². The van der Waals surface area contributed by atoms with Gasteiger partial charge in [0, 0.05) is 32.1 Å². The second-order valence-corrected chi connectivity index (χ2v) is 8.72. The van der Waals surface area contributed by atoms with Gasteiger partial charge in [-0.3, -0.25) is 9.98 Å². The number of alkyl halides is 1. The van der Waals surface area contributed by atoms with Crippen LogP contribution in [0.25, 0.3) is 0 Å². The molecule has 1 N–H and O–H groups in total. The number of nitrogens with zero attached hydrogens (tertiary/aromatic N) is 7. The quantitative estimate of drug-likeness (QED) is 0.519. The molecule has 3 aromatic rings. The first-order valence-corrected chi connectivity index (χ1v) is 11.5. The average Bonchev–Trinajstić information content (AvgIpc) is 3.61. The lowest BCUT2D eigenvalue weighted by molar-refractivity contribution is 0.197. The van der Waals surface area contributed by atoms with Crippen molar-refractivity contribution in [2.45, 2.75) is 31.2 Å². The summed E-state index contributed by atoms with van der Waals surface area (Å²) in [5, 5.41) is 13.8. The van der Waals surface area contributed by atoms with Crippen LogP contribution in [-0.2, 0) is 0 Å². The normalized spacial score (nSPS) is 22.5. The molecule has 12 heteroatoms. The summed E-state index contributed by atoms with van der Waals surface area (Å²) in [5.74, 6) is -0.737. The number of hydrogen-bond donors (Lipinski definition) is 1. The molecule has 0 bridgehead atoms. The summed E-state index contributed by atoms with van der Waals surface area (Å²) in [6, 6.07) is 5.90. The molecular weight excluding hydrogens is 475 g/mol. The highest BCUT2D eigenvalue weighted by atomic mass is 19.1. The molecule has 5 rings (SSSR count). The summed E-state index contributed by atoms with van der Waals surface area (Å²) in [6.45, 7) is 4.50. The van der Waals surface area contributed by atoms with Crippen LogP contribution in [0.15, 0.2) is 44.8 Å². The minimum atomic E-state index is -1.25. The third kappa shape index (κ3) is 4.43. The van der Waals surface area contributed by atoms with Crippen molar-refractivity contribution >= 4 is 29.9 Å². The van der Waals surface area contributed by atoms with Crippen molar-refractivity contribution in [2.75, 3.05) is 36.5 Å². The Kier molecular flexibility index (Phi) is 6.44. The monoisotopic (exact) mass is 499 g/mol. The first kappa shape index (κ1) is 23.9. The van der Waals surface area contributed by atoms with E-state index in [2.05, 4.69) is 31.8 Å². The average molecular weight is 499 g/mol. The topological polar surface area (TPSA) is 103 Å². The minimum Gasteiger partial charge on any atom is -0.391 e. The molecule has 3 atom stereocenters. The molecule has 2 aromatic heterocycles. The minimum absolute atomic E-state index is 0.0105. The predicted molar refractivity (Wildman–Crippen MR) is 128 cm³/mol. The number of halogens is 3. The molecule has 188 valence electrons. The van der Waals surface area contributed by atoms with E-state index in [0.29, 0.717) is 31.0 Å². The Bertz CT molecular complexity index is 1310. The van der Waals surface area contributed by atoms with Crippen LogP contribution in [0.4, 0.5) is 30.7 Å². The van der Waals surface area contributed by atoms with Crippen LogP contribution >= 0.6 is 0 Å². The number of pyridine rings is 1. The molecule has 0 amide bonds. The second kappa shape index (κ2) is 9.69. The van der Waals surface area contributed by atoms with Crippen molar-refractivity contribution in [1.29, 1.82) is 0 Å². The van der Waals surface area contributed by atoms with Crippen LogP contribution in [0.3, 0.4) is 0 Å². The van der Waals surface area contributed by atoms with Crippen LogP contribution in [0, 0.1) is 11.6 Å². The van der Waals surface area contributed by atoms with Crippen LogP contribution in [0.1, 0.15) is 36.0 Å². The molecule has 2 saturated heterocycles. The SMILES string of the molecule is C=Nc1ccc(N2C[C@@H](F)C[C@@H]2c2cc(F)ccc2F)nc1C(=NC)c1noc(N2CC[C@H](O)C2)n1. The van der Waals surface area contributed by atoms with E-state index in [1.165, 1.54) is 7.05 Å². The van der Waals surface area contributed by atoms with Crippen LogP contribution in [-0.4, -0.2) is 71.6 Å².